The first-order valence-electron chi connectivity index (χ1n) is 13.0. The molecular formula is C28H43NO10. The van der Waals surface area contributed by atoms with Crippen molar-refractivity contribution in [1.29, 1.82) is 0 Å². The van der Waals surface area contributed by atoms with Gasteiger partial charge in [0.05, 0.1) is 12.5 Å². The summed E-state index contributed by atoms with van der Waals surface area (Å²) in [6.45, 7) is 15.5. The van der Waals surface area contributed by atoms with E-state index < -0.39 is 53.3 Å². The molecule has 1 aromatic carbocycles. The Morgan fingerprint density at radius 2 is 1.36 bits per heavy atom. The van der Waals surface area contributed by atoms with Gasteiger partial charge in [-0.3, -0.25) is 9.59 Å². The number of hydrogen-bond donors (Lipinski definition) is 2. The summed E-state index contributed by atoms with van der Waals surface area (Å²) in [4.78, 5) is 48.9. The lowest BCUT2D eigenvalue weighted by Gasteiger charge is -2.28. The third-order valence-electron chi connectivity index (χ3n) is 6.41. The largest absolute Gasteiger partial charge is 0.514 e. The maximum atomic E-state index is 12.6. The van der Waals surface area contributed by atoms with E-state index in [2.05, 4.69) is 0 Å². The first-order chi connectivity index (χ1) is 17.9. The van der Waals surface area contributed by atoms with Gasteiger partial charge in [-0.25, -0.2) is 9.59 Å². The molecule has 0 aliphatic carbocycles. The van der Waals surface area contributed by atoms with Crippen molar-refractivity contribution in [2.75, 3.05) is 6.61 Å². The van der Waals surface area contributed by atoms with Gasteiger partial charge in [-0.05, 0) is 64.2 Å². The topological polar surface area (TPSA) is 161 Å². The van der Waals surface area contributed by atoms with Crippen LogP contribution in [0.3, 0.4) is 0 Å². The lowest BCUT2D eigenvalue weighted by atomic mass is 9.82. The summed E-state index contributed by atoms with van der Waals surface area (Å²) in [5.74, 6) is -3.84. The van der Waals surface area contributed by atoms with Crippen LogP contribution in [0, 0.1) is 11.8 Å². The number of aliphatic carboxylic acids is 1. The standard InChI is InChI=1S/C28H43NO10/c1-10-27(6,7)38-25(33)36-19-13-12-18(14-20(19)37-26(34)39-28(8,9)11-2)21(22(29)23(30)31)17(5)15-35-24(32)16(3)4/h12-14,16-17,21-22H,10-11,15,29H2,1-9H3,(H,30,31)/t17?,21?,22-/m0/s1. The third kappa shape index (κ3) is 10.7. The molecule has 2 unspecified atom stereocenters. The number of esters is 1. The molecule has 0 saturated heterocycles. The smallest absolute Gasteiger partial charge is 0.480 e. The van der Waals surface area contributed by atoms with Gasteiger partial charge in [0.15, 0.2) is 11.5 Å². The van der Waals surface area contributed by atoms with Crippen LogP contribution < -0.4 is 15.2 Å². The molecule has 1 aromatic rings. The minimum Gasteiger partial charge on any atom is -0.480 e. The van der Waals surface area contributed by atoms with Crippen LogP contribution in [0.4, 0.5) is 9.59 Å². The molecular weight excluding hydrogens is 510 g/mol. The Kier molecular flexibility index (Phi) is 12.2. The van der Waals surface area contributed by atoms with Crippen LogP contribution in [0.25, 0.3) is 0 Å². The van der Waals surface area contributed by atoms with Crippen molar-refractivity contribution in [3.05, 3.63) is 23.8 Å². The molecule has 0 aromatic heterocycles. The van der Waals surface area contributed by atoms with Gasteiger partial charge in [0.25, 0.3) is 0 Å². The molecule has 1 rings (SSSR count). The molecule has 0 aliphatic rings. The lowest BCUT2D eigenvalue weighted by Crippen LogP contribution is -2.40. The van der Waals surface area contributed by atoms with E-state index in [0.29, 0.717) is 18.4 Å². The van der Waals surface area contributed by atoms with Gasteiger partial charge in [-0.1, -0.05) is 40.7 Å². The van der Waals surface area contributed by atoms with Crippen LogP contribution in [0.15, 0.2) is 18.2 Å². The number of carboxylic acids is 1. The Bertz CT molecular complexity index is 1020. The van der Waals surface area contributed by atoms with Gasteiger partial charge >= 0.3 is 24.2 Å². The molecule has 11 heteroatoms. The zero-order valence-electron chi connectivity index (χ0n) is 24.4. The van der Waals surface area contributed by atoms with Gasteiger partial charge in [0.1, 0.15) is 17.2 Å². The first-order valence-corrected chi connectivity index (χ1v) is 13.0. The normalized spacial score (nSPS) is 14.1. The van der Waals surface area contributed by atoms with E-state index in [-0.39, 0.29) is 24.0 Å². The molecule has 3 N–H and O–H groups in total. The fraction of sp³-hybridized carbons (Fsp3) is 0.643. The quantitative estimate of drug-likeness (QED) is 0.182. The second-order valence-corrected chi connectivity index (χ2v) is 11.0. The van der Waals surface area contributed by atoms with E-state index in [4.69, 9.17) is 29.4 Å². The molecule has 39 heavy (non-hydrogen) atoms. The predicted molar refractivity (Wildman–Crippen MR) is 143 cm³/mol. The van der Waals surface area contributed by atoms with E-state index in [9.17, 15) is 24.3 Å². The summed E-state index contributed by atoms with van der Waals surface area (Å²) in [7, 11) is 0. The van der Waals surface area contributed by atoms with Gasteiger partial charge in [0, 0.05) is 5.92 Å². The Morgan fingerprint density at radius 3 is 1.79 bits per heavy atom. The highest BCUT2D eigenvalue weighted by molar-refractivity contribution is 5.75. The molecule has 3 atom stereocenters. The minimum atomic E-state index is -1.39. The maximum Gasteiger partial charge on any atom is 0.514 e. The van der Waals surface area contributed by atoms with Gasteiger partial charge < -0.3 is 34.5 Å². The second-order valence-electron chi connectivity index (χ2n) is 11.0. The zero-order valence-corrected chi connectivity index (χ0v) is 24.4. The van der Waals surface area contributed by atoms with Gasteiger partial charge in [0.2, 0.25) is 0 Å². The van der Waals surface area contributed by atoms with Crippen LogP contribution in [-0.4, -0.2) is 53.2 Å². The fourth-order valence-electron chi connectivity index (χ4n) is 3.24. The highest BCUT2D eigenvalue weighted by Crippen LogP contribution is 2.36. The van der Waals surface area contributed by atoms with E-state index in [1.54, 1.807) is 48.5 Å². The summed E-state index contributed by atoms with van der Waals surface area (Å²) >= 11 is 0. The van der Waals surface area contributed by atoms with Crippen LogP contribution in [0.5, 0.6) is 11.5 Å². The Morgan fingerprint density at radius 1 is 0.872 bits per heavy atom. The van der Waals surface area contributed by atoms with Crippen molar-refractivity contribution in [2.45, 2.75) is 98.3 Å². The molecule has 0 aliphatic heterocycles. The summed E-state index contributed by atoms with van der Waals surface area (Å²) in [6.07, 6.45) is -1.04. The number of ether oxygens (including phenoxy) is 5. The average molecular weight is 554 g/mol. The fourth-order valence-corrected chi connectivity index (χ4v) is 3.24. The number of benzene rings is 1. The Hall–Kier alpha value is -3.34. The van der Waals surface area contributed by atoms with Crippen molar-refractivity contribution >= 4 is 24.2 Å². The molecule has 0 amide bonds. The number of hydrogen-bond acceptors (Lipinski definition) is 10. The molecule has 11 nitrogen and oxygen atoms in total. The molecule has 0 bridgehead atoms. The predicted octanol–water partition coefficient (Wildman–Crippen LogP) is 5.43. The van der Waals surface area contributed by atoms with Gasteiger partial charge in [-0.2, -0.15) is 0 Å². The van der Waals surface area contributed by atoms with E-state index in [0.717, 1.165) is 0 Å². The SMILES string of the molecule is CCC(C)(C)OC(=O)Oc1ccc(C(C(C)COC(=O)C(C)C)[C@H](N)C(=O)O)cc1OC(=O)OC(C)(C)CC. The van der Waals surface area contributed by atoms with Crippen molar-refractivity contribution in [3.8, 4) is 11.5 Å². The second kappa shape index (κ2) is 14.2. The maximum absolute atomic E-state index is 12.6. The van der Waals surface area contributed by atoms with Crippen LogP contribution in [0.2, 0.25) is 0 Å². The third-order valence-corrected chi connectivity index (χ3v) is 6.41. The monoisotopic (exact) mass is 553 g/mol. The number of nitrogens with two attached hydrogens (primary N) is 1. The first kappa shape index (κ1) is 33.7. The van der Waals surface area contributed by atoms with Crippen molar-refractivity contribution in [2.24, 2.45) is 17.6 Å². The van der Waals surface area contributed by atoms with Crippen molar-refractivity contribution in [3.63, 3.8) is 0 Å². The van der Waals surface area contributed by atoms with Crippen LogP contribution >= 0.6 is 0 Å². The molecule has 0 fully saturated rings. The lowest BCUT2D eigenvalue weighted by molar-refractivity contribution is -0.149. The molecule has 0 spiro atoms. The van der Waals surface area contributed by atoms with Crippen molar-refractivity contribution in [1.82, 2.24) is 0 Å². The van der Waals surface area contributed by atoms with Crippen LogP contribution in [0.1, 0.15) is 86.6 Å². The number of carbonyl (C=O) groups is 4. The summed E-state index contributed by atoms with van der Waals surface area (Å²) in [5.41, 5.74) is 4.76. The number of carboxylic acid groups (broad SMARTS) is 1. The molecule has 0 saturated carbocycles. The molecule has 0 radical (unpaired) electrons. The number of rotatable bonds is 13. The zero-order chi connectivity index (χ0) is 30.1. The van der Waals surface area contributed by atoms with Crippen molar-refractivity contribution < 1.29 is 48.0 Å². The summed E-state index contributed by atoms with van der Waals surface area (Å²) in [5, 5.41) is 9.68. The number of carbonyl (C=O) groups excluding carboxylic acids is 3. The average Bonchev–Trinajstić information content (AvgIpc) is 2.83. The van der Waals surface area contributed by atoms with E-state index in [1.165, 1.54) is 18.2 Å². The van der Waals surface area contributed by atoms with Gasteiger partial charge in [-0.15, -0.1) is 0 Å². The summed E-state index contributed by atoms with van der Waals surface area (Å²) < 4.78 is 26.8. The van der Waals surface area contributed by atoms with E-state index >= 15 is 0 Å². The highest BCUT2D eigenvalue weighted by atomic mass is 16.8. The highest BCUT2D eigenvalue weighted by Gasteiger charge is 2.33. The molecule has 0 heterocycles. The Balaban J connectivity index is 3.47. The Labute approximate surface area is 230 Å². The minimum absolute atomic E-state index is 0.0950. The van der Waals surface area contributed by atoms with E-state index in [1.807, 2.05) is 13.8 Å². The summed E-state index contributed by atoms with van der Waals surface area (Å²) in [6, 6.07) is 2.80. The molecule has 220 valence electrons. The van der Waals surface area contributed by atoms with Crippen LogP contribution in [-0.2, 0) is 23.8 Å².